The number of rotatable bonds is 3. The minimum atomic E-state index is -1.26. The molecule has 0 aromatic heterocycles. The van der Waals surface area contributed by atoms with Crippen molar-refractivity contribution in [1.29, 1.82) is 0 Å². The van der Waals surface area contributed by atoms with Gasteiger partial charge in [0.25, 0.3) is 0 Å². The Hall–Kier alpha value is -0.240. The first-order chi connectivity index (χ1) is 6.61. The van der Waals surface area contributed by atoms with Crippen molar-refractivity contribution in [2.45, 2.75) is 37.1 Å². The molecule has 84 valence electrons. The van der Waals surface area contributed by atoms with E-state index in [0.717, 1.165) is 0 Å². The number of hydrogen-bond acceptors (Lipinski definition) is 6. The highest BCUT2D eigenvalue weighted by atomic mass is 16.7. The maximum atomic E-state index is 9.51. The Bertz CT molecular complexity index is 175. The van der Waals surface area contributed by atoms with Crippen molar-refractivity contribution in [3.05, 3.63) is 0 Å². The first kappa shape index (κ1) is 11.8. The van der Waals surface area contributed by atoms with Gasteiger partial charge >= 0.3 is 0 Å². The average molecular weight is 207 g/mol. The van der Waals surface area contributed by atoms with Crippen molar-refractivity contribution in [3.63, 3.8) is 0 Å². The maximum absolute atomic E-state index is 9.51. The number of aliphatic hydroxyl groups excluding tert-OH is 3. The van der Waals surface area contributed by atoms with Crippen LogP contribution in [0.5, 0.6) is 0 Å². The van der Waals surface area contributed by atoms with Crippen LogP contribution in [0.3, 0.4) is 0 Å². The molecule has 5 atom stereocenters. The number of methoxy groups -OCH3 is 1. The van der Waals surface area contributed by atoms with Gasteiger partial charge in [-0.2, -0.15) is 0 Å². The van der Waals surface area contributed by atoms with Crippen LogP contribution in [0, 0.1) is 0 Å². The molecule has 0 radical (unpaired) electrons. The molecule has 0 saturated carbocycles. The fourth-order valence-corrected chi connectivity index (χ4v) is 1.51. The topological polar surface area (TPSA) is 105 Å². The van der Waals surface area contributed by atoms with E-state index in [1.807, 2.05) is 0 Å². The molecule has 1 heterocycles. The highest BCUT2D eigenvalue weighted by Crippen LogP contribution is 2.22. The summed E-state index contributed by atoms with van der Waals surface area (Å²) in [5.74, 6) is 0. The molecule has 0 amide bonds. The van der Waals surface area contributed by atoms with Gasteiger partial charge in [-0.15, -0.1) is 0 Å². The number of aliphatic hydroxyl groups is 3. The molecule has 14 heavy (non-hydrogen) atoms. The van der Waals surface area contributed by atoms with Crippen LogP contribution < -0.4 is 5.73 Å². The molecular formula is C8H17NO5. The molecule has 1 saturated heterocycles. The molecule has 1 rings (SSSR count). The SMILES string of the molecule is CO[C@H]1OC(CCN)[C@@H](O)[C@H](O)C1O. The Balaban J connectivity index is 2.63. The van der Waals surface area contributed by atoms with Crippen LogP contribution in [-0.2, 0) is 9.47 Å². The molecule has 0 aromatic rings. The van der Waals surface area contributed by atoms with Crippen molar-refractivity contribution in [2.75, 3.05) is 13.7 Å². The summed E-state index contributed by atoms with van der Waals surface area (Å²) in [6, 6.07) is 0. The summed E-state index contributed by atoms with van der Waals surface area (Å²) in [4.78, 5) is 0. The molecule has 1 fully saturated rings. The van der Waals surface area contributed by atoms with Gasteiger partial charge in [0, 0.05) is 7.11 Å². The third-order valence-corrected chi connectivity index (χ3v) is 2.35. The summed E-state index contributed by atoms with van der Waals surface area (Å²) in [6.07, 6.45) is -4.72. The van der Waals surface area contributed by atoms with E-state index in [9.17, 15) is 15.3 Å². The minimum absolute atomic E-state index is 0.334. The van der Waals surface area contributed by atoms with Gasteiger partial charge in [0.2, 0.25) is 0 Å². The molecule has 2 unspecified atom stereocenters. The van der Waals surface area contributed by atoms with Gasteiger partial charge in [0.15, 0.2) is 6.29 Å². The molecule has 0 bridgehead atoms. The lowest BCUT2D eigenvalue weighted by atomic mass is 9.97. The Morgan fingerprint density at radius 3 is 2.36 bits per heavy atom. The highest BCUT2D eigenvalue weighted by Gasteiger charge is 2.43. The molecule has 1 aliphatic heterocycles. The molecule has 1 aliphatic rings. The Labute approximate surface area is 82.2 Å². The molecule has 0 aliphatic carbocycles. The smallest absolute Gasteiger partial charge is 0.186 e. The van der Waals surface area contributed by atoms with E-state index in [1.54, 1.807) is 0 Å². The predicted octanol–water partition coefficient (Wildman–Crippen LogP) is -2.21. The summed E-state index contributed by atoms with van der Waals surface area (Å²) in [5.41, 5.74) is 5.31. The summed E-state index contributed by atoms with van der Waals surface area (Å²) in [6.45, 7) is 0.334. The van der Waals surface area contributed by atoms with Crippen LogP contribution in [0.1, 0.15) is 6.42 Å². The minimum Gasteiger partial charge on any atom is -0.388 e. The zero-order valence-electron chi connectivity index (χ0n) is 8.04. The zero-order chi connectivity index (χ0) is 10.7. The lowest BCUT2D eigenvalue weighted by molar-refractivity contribution is -0.290. The van der Waals surface area contributed by atoms with Gasteiger partial charge in [0.1, 0.15) is 18.3 Å². The summed E-state index contributed by atoms with van der Waals surface area (Å²) < 4.78 is 10.0. The third kappa shape index (κ3) is 2.22. The van der Waals surface area contributed by atoms with Crippen molar-refractivity contribution in [1.82, 2.24) is 0 Å². The largest absolute Gasteiger partial charge is 0.388 e. The monoisotopic (exact) mass is 207 g/mol. The van der Waals surface area contributed by atoms with Gasteiger partial charge in [-0.05, 0) is 13.0 Å². The van der Waals surface area contributed by atoms with Crippen molar-refractivity contribution < 1.29 is 24.8 Å². The lowest BCUT2D eigenvalue weighted by Crippen LogP contribution is -2.58. The van der Waals surface area contributed by atoms with Crippen molar-refractivity contribution in [3.8, 4) is 0 Å². The molecule has 6 heteroatoms. The van der Waals surface area contributed by atoms with Gasteiger partial charge in [-0.3, -0.25) is 0 Å². The molecule has 0 aromatic carbocycles. The Morgan fingerprint density at radius 2 is 1.86 bits per heavy atom. The summed E-state index contributed by atoms with van der Waals surface area (Å²) >= 11 is 0. The normalized spacial score (nSPS) is 43.9. The van der Waals surface area contributed by atoms with E-state index in [4.69, 9.17) is 15.2 Å². The highest BCUT2D eigenvalue weighted by molar-refractivity contribution is 4.88. The van der Waals surface area contributed by atoms with Crippen LogP contribution in [-0.4, -0.2) is 59.7 Å². The Morgan fingerprint density at radius 1 is 1.21 bits per heavy atom. The fraction of sp³-hybridized carbons (Fsp3) is 1.00. The second-order valence-electron chi connectivity index (χ2n) is 3.33. The average Bonchev–Trinajstić information content (AvgIpc) is 2.19. The predicted molar refractivity (Wildman–Crippen MR) is 47.4 cm³/mol. The van der Waals surface area contributed by atoms with E-state index in [2.05, 4.69) is 0 Å². The standard InChI is InChI=1S/C8H17NO5/c1-13-8-7(12)6(11)5(10)4(14-8)2-3-9/h4-8,10-12H,2-3,9H2,1H3/t4?,5-,6+,7?,8+/m1/s1. The van der Waals surface area contributed by atoms with E-state index in [1.165, 1.54) is 7.11 Å². The zero-order valence-corrected chi connectivity index (χ0v) is 8.04. The van der Waals surface area contributed by atoms with Crippen LogP contribution in [0.2, 0.25) is 0 Å². The van der Waals surface area contributed by atoms with Crippen LogP contribution in [0.25, 0.3) is 0 Å². The van der Waals surface area contributed by atoms with E-state index >= 15 is 0 Å². The maximum Gasteiger partial charge on any atom is 0.186 e. The molecule has 6 nitrogen and oxygen atoms in total. The van der Waals surface area contributed by atoms with Crippen LogP contribution >= 0.6 is 0 Å². The first-order valence-corrected chi connectivity index (χ1v) is 4.54. The molecule has 5 N–H and O–H groups in total. The van der Waals surface area contributed by atoms with Crippen molar-refractivity contribution >= 4 is 0 Å². The van der Waals surface area contributed by atoms with E-state index < -0.39 is 30.7 Å². The summed E-state index contributed by atoms with van der Waals surface area (Å²) in [7, 11) is 1.36. The van der Waals surface area contributed by atoms with Crippen LogP contribution in [0.4, 0.5) is 0 Å². The fourth-order valence-electron chi connectivity index (χ4n) is 1.51. The van der Waals surface area contributed by atoms with Crippen molar-refractivity contribution in [2.24, 2.45) is 5.73 Å². The first-order valence-electron chi connectivity index (χ1n) is 4.54. The third-order valence-electron chi connectivity index (χ3n) is 2.35. The van der Waals surface area contributed by atoms with E-state index in [-0.39, 0.29) is 0 Å². The van der Waals surface area contributed by atoms with Gasteiger partial charge in [-0.1, -0.05) is 0 Å². The molecule has 0 spiro atoms. The quantitative estimate of drug-likeness (QED) is 0.418. The molecular weight excluding hydrogens is 190 g/mol. The van der Waals surface area contributed by atoms with Gasteiger partial charge < -0.3 is 30.5 Å². The van der Waals surface area contributed by atoms with Gasteiger partial charge in [-0.25, -0.2) is 0 Å². The van der Waals surface area contributed by atoms with Gasteiger partial charge in [0.05, 0.1) is 6.10 Å². The second kappa shape index (κ2) is 5.01. The number of hydrogen-bond donors (Lipinski definition) is 4. The summed E-state index contributed by atoms with van der Waals surface area (Å²) in [5, 5.41) is 28.4. The number of ether oxygens (including phenoxy) is 2. The van der Waals surface area contributed by atoms with E-state index in [0.29, 0.717) is 13.0 Å². The second-order valence-corrected chi connectivity index (χ2v) is 3.33. The number of nitrogens with two attached hydrogens (primary N) is 1. The van der Waals surface area contributed by atoms with Crippen LogP contribution in [0.15, 0.2) is 0 Å². The lowest BCUT2D eigenvalue weighted by Gasteiger charge is -2.39. The Kier molecular flexibility index (Phi) is 4.24.